The summed E-state index contributed by atoms with van der Waals surface area (Å²) >= 11 is 11.9. The number of nitrogens with zero attached hydrogens (tertiary/aromatic N) is 2. The first-order valence-electron chi connectivity index (χ1n) is 5.81. The number of hydrogen-bond acceptors (Lipinski definition) is 4. The molecule has 0 saturated heterocycles. The molecule has 4 nitrogen and oxygen atoms in total. The second-order valence-corrected chi connectivity index (χ2v) is 5.24. The van der Waals surface area contributed by atoms with Gasteiger partial charge < -0.3 is 11.1 Å². The van der Waals surface area contributed by atoms with Crippen molar-refractivity contribution in [1.29, 1.82) is 0 Å². The Morgan fingerprint density at radius 3 is 2.53 bits per heavy atom. The van der Waals surface area contributed by atoms with E-state index in [9.17, 15) is 0 Å². The van der Waals surface area contributed by atoms with Crippen LogP contribution in [-0.4, -0.2) is 9.97 Å². The number of halogens is 2. The molecule has 3 N–H and O–H groups in total. The molecule has 2 aromatic rings. The monoisotopic (exact) mass is 296 g/mol. The van der Waals surface area contributed by atoms with Crippen LogP contribution in [0.5, 0.6) is 0 Å². The minimum absolute atomic E-state index is 0.214. The number of rotatable bonds is 3. The van der Waals surface area contributed by atoms with Gasteiger partial charge in [-0.25, -0.2) is 9.97 Å². The van der Waals surface area contributed by atoms with Crippen LogP contribution in [0.2, 0.25) is 10.0 Å². The van der Waals surface area contributed by atoms with E-state index < -0.39 is 0 Å². The molecular formula is C13H14Cl2N4. The molecule has 100 valence electrons. The van der Waals surface area contributed by atoms with Gasteiger partial charge >= 0.3 is 0 Å². The van der Waals surface area contributed by atoms with E-state index in [0.29, 0.717) is 21.7 Å². The maximum atomic E-state index is 5.98. The minimum Gasteiger partial charge on any atom is -0.383 e. The Balaban J connectivity index is 2.38. The Hall–Kier alpha value is -1.52. The van der Waals surface area contributed by atoms with Gasteiger partial charge in [0.15, 0.2) is 0 Å². The van der Waals surface area contributed by atoms with Crippen LogP contribution in [0.15, 0.2) is 24.5 Å². The van der Waals surface area contributed by atoms with Gasteiger partial charge in [-0.05, 0) is 24.1 Å². The molecule has 1 aromatic carbocycles. The van der Waals surface area contributed by atoms with Crippen LogP contribution in [0, 0.1) is 0 Å². The molecule has 0 unspecified atom stereocenters. The second kappa shape index (κ2) is 5.63. The van der Waals surface area contributed by atoms with Crippen LogP contribution in [-0.2, 0) is 0 Å². The number of aromatic nitrogens is 2. The molecule has 1 aromatic heterocycles. The molecule has 6 heteroatoms. The van der Waals surface area contributed by atoms with E-state index in [1.165, 1.54) is 6.33 Å². The summed E-state index contributed by atoms with van der Waals surface area (Å²) < 4.78 is 0. The third kappa shape index (κ3) is 3.08. The quantitative estimate of drug-likeness (QED) is 0.889. The van der Waals surface area contributed by atoms with E-state index in [1.54, 1.807) is 12.1 Å². The molecule has 1 heterocycles. The van der Waals surface area contributed by atoms with E-state index in [2.05, 4.69) is 15.3 Å². The average Bonchev–Trinajstić information content (AvgIpc) is 2.33. The summed E-state index contributed by atoms with van der Waals surface area (Å²) in [5, 5.41) is 4.19. The molecule has 19 heavy (non-hydrogen) atoms. The van der Waals surface area contributed by atoms with Crippen molar-refractivity contribution in [3.8, 4) is 0 Å². The maximum absolute atomic E-state index is 5.98. The van der Waals surface area contributed by atoms with E-state index >= 15 is 0 Å². The molecule has 0 saturated carbocycles. The first kappa shape index (κ1) is 13.9. The van der Waals surface area contributed by atoms with Gasteiger partial charge in [0.2, 0.25) is 0 Å². The SMILES string of the molecule is CC(C)c1c(N)ncnc1Nc1ccc(Cl)c(Cl)c1. The summed E-state index contributed by atoms with van der Waals surface area (Å²) in [6.45, 7) is 4.07. The molecule has 0 fully saturated rings. The van der Waals surface area contributed by atoms with Crippen molar-refractivity contribution < 1.29 is 0 Å². The van der Waals surface area contributed by atoms with Crippen LogP contribution in [0.3, 0.4) is 0 Å². The summed E-state index contributed by atoms with van der Waals surface area (Å²) in [6.07, 6.45) is 1.43. The molecule has 0 aliphatic rings. The Labute approximate surface area is 122 Å². The lowest BCUT2D eigenvalue weighted by molar-refractivity contribution is 0.855. The largest absolute Gasteiger partial charge is 0.383 e. The predicted molar refractivity (Wildman–Crippen MR) is 80.3 cm³/mol. The van der Waals surface area contributed by atoms with Crippen LogP contribution < -0.4 is 11.1 Å². The third-order valence-electron chi connectivity index (χ3n) is 2.67. The summed E-state index contributed by atoms with van der Waals surface area (Å²) in [6, 6.07) is 5.30. The zero-order valence-electron chi connectivity index (χ0n) is 10.6. The summed E-state index contributed by atoms with van der Waals surface area (Å²) in [5.41, 5.74) is 7.57. The number of nitrogen functional groups attached to an aromatic ring is 1. The smallest absolute Gasteiger partial charge is 0.139 e. The highest BCUT2D eigenvalue weighted by atomic mass is 35.5. The maximum Gasteiger partial charge on any atom is 0.139 e. The van der Waals surface area contributed by atoms with E-state index in [0.717, 1.165) is 11.3 Å². The highest BCUT2D eigenvalue weighted by Crippen LogP contribution is 2.31. The fraction of sp³-hybridized carbons (Fsp3) is 0.231. The topological polar surface area (TPSA) is 63.8 Å². The van der Waals surface area contributed by atoms with Crippen molar-refractivity contribution in [2.24, 2.45) is 0 Å². The second-order valence-electron chi connectivity index (χ2n) is 4.43. The first-order chi connectivity index (χ1) is 8.99. The van der Waals surface area contributed by atoms with Crippen molar-refractivity contribution in [2.45, 2.75) is 19.8 Å². The summed E-state index contributed by atoms with van der Waals surface area (Å²) in [4.78, 5) is 8.24. The Bertz CT molecular complexity index is 599. The minimum atomic E-state index is 0.214. The standard InChI is InChI=1S/C13H14Cl2N4/c1-7(2)11-12(16)17-6-18-13(11)19-8-3-4-9(14)10(15)5-8/h3-7H,1-2H3,(H3,16,17,18,19). The van der Waals surface area contributed by atoms with E-state index in [1.807, 2.05) is 19.9 Å². The molecule has 2 rings (SSSR count). The lowest BCUT2D eigenvalue weighted by Crippen LogP contribution is -2.06. The number of anilines is 3. The molecular weight excluding hydrogens is 283 g/mol. The van der Waals surface area contributed by atoms with Gasteiger partial charge in [0.05, 0.1) is 10.0 Å². The zero-order valence-corrected chi connectivity index (χ0v) is 12.1. The van der Waals surface area contributed by atoms with Crippen molar-refractivity contribution in [3.05, 3.63) is 40.1 Å². The normalized spacial score (nSPS) is 10.8. The lowest BCUT2D eigenvalue weighted by atomic mass is 10.0. The van der Waals surface area contributed by atoms with E-state index in [-0.39, 0.29) is 5.92 Å². The number of hydrogen-bond donors (Lipinski definition) is 2. The average molecular weight is 297 g/mol. The molecule has 0 bridgehead atoms. The molecule has 0 atom stereocenters. The number of nitrogens with one attached hydrogen (secondary N) is 1. The molecule has 0 spiro atoms. The first-order valence-corrected chi connectivity index (χ1v) is 6.57. The fourth-order valence-corrected chi connectivity index (χ4v) is 2.09. The Morgan fingerprint density at radius 1 is 1.16 bits per heavy atom. The molecule has 0 amide bonds. The van der Waals surface area contributed by atoms with Crippen molar-refractivity contribution in [1.82, 2.24) is 9.97 Å². The molecule has 0 aliphatic carbocycles. The van der Waals surface area contributed by atoms with E-state index in [4.69, 9.17) is 28.9 Å². The van der Waals surface area contributed by atoms with Gasteiger partial charge in [-0.1, -0.05) is 37.0 Å². The van der Waals surface area contributed by atoms with Crippen LogP contribution >= 0.6 is 23.2 Å². The van der Waals surface area contributed by atoms with Gasteiger partial charge in [-0.15, -0.1) is 0 Å². The van der Waals surface area contributed by atoms with Gasteiger partial charge in [0.25, 0.3) is 0 Å². The van der Waals surface area contributed by atoms with Crippen LogP contribution in [0.4, 0.5) is 17.3 Å². The van der Waals surface area contributed by atoms with Crippen molar-refractivity contribution in [2.75, 3.05) is 11.1 Å². The van der Waals surface area contributed by atoms with Gasteiger partial charge in [0.1, 0.15) is 18.0 Å². The Morgan fingerprint density at radius 2 is 1.89 bits per heavy atom. The summed E-state index contributed by atoms with van der Waals surface area (Å²) in [5.74, 6) is 1.37. The molecule has 0 aliphatic heterocycles. The van der Waals surface area contributed by atoms with Crippen molar-refractivity contribution in [3.63, 3.8) is 0 Å². The highest BCUT2D eigenvalue weighted by molar-refractivity contribution is 6.42. The predicted octanol–water partition coefficient (Wildman–Crippen LogP) is 4.23. The molecule has 0 radical (unpaired) electrons. The lowest BCUT2D eigenvalue weighted by Gasteiger charge is -2.15. The zero-order chi connectivity index (χ0) is 14.0. The van der Waals surface area contributed by atoms with Crippen molar-refractivity contribution >= 4 is 40.5 Å². The summed E-state index contributed by atoms with van der Waals surface area (Å²) in [7, 11) is 0. The number of benzene rings is 1. The third-order valence-corrected chi connectivity index (χ3v) is 3.41. The van der Waals surface area contributed by atoms with Gasteiger partial charge in [-0.3, -0.25) is 0 Å². The number of nitrogens with two attached hydrogens (primary N) is 1. The highest BCUT2D eigenvalue weighted by Gasteiger charge is 2.13. The Kier molecular flexibility index (Phi) is 4.12. The van der Waals surface area contributed by atoms with Crippen LogP contribution in [0.1, 0.15) is 25.3 Å². The van der Waals surface area contributed by atoms with Gasteiger partial charge in [0, 0.05) is 11.3 Å². The van der Waals surface area contributed by atoms with Crippen LogP contribution in [0.25, 0.3) is 0 Å². The van der Waals surface area contributed by atoms with Gasteiger partial charge in [-0.2, -0.15) is 0 Å². The fourth-order valence-electron chi connectivity index (χ4n) is 1.79.